The quantitative estimate of drug-likeness (QED) is 0.793. The highest BCUT2D eigenvalue weighted by Crippen LogP contribution is 2.14. The summed E-state index contributed by atoms with van der Waals surface area (Å²) in [5, 5.41) is 0. The molecule has 7 heteroatoms. The molecule has 17 heavy (non-hydrogen) atoms. The van der Waals surface area contributed by atoms with Crippen molar-refractivity contribution in [2.75, 3.05) is 10.5 Å². The zero-order chi connectivity index (χ0) is 12.3. The molecular formula is C10H10N4O2S. The second kappa shape index (κ2) is 4.38. The van der Waals surface area contributed by atoms with Gasteiger partial charge in [-0.25, -0.2) is 23.1 Å². The molecule has 1 heterocycles. The first-order valence-electron chi connectivity index (χ1n) is 4.73. The number of anilines is 2. The molecule has 0 fully saturated rings. The van der Waals surface area contributed by atoms with Crippen LogP contribution in [0.15, 0.2) is 47.6 Å². The molecule has 0 saturated carbocycles. The summed E-state index contributed by atoms with van der Waals surface area (Å²) in [5.41, 5.74) is 5.98. The molecule has 0 aliphatic rings. The summed E-state index contributed by atoms with van der Waals surface area (Å²) in [4.78, 5) is 7.67. The van der Waals surface area contributed by atoms with Crippen LogP contribution in [-0.2, 0) is 10.0 Å². The molecule has 0 aliphatic heterocycles. The Hall–Kier alpha value is -2.15. The highest BCUT2D eigenvalue weighted by atomic mass is 32.2. The summed E-state index contributed by atoms with van der Waals surface area (Å²) < 4.78 is 26.0. The summed E-state index contributed by atoms with van der Waals surface area (Å²) >= 11 is 0. The first kappa shape index (κ1) is 11.3. The van der Waals surface area contributed by atoms with Gasteiger partial charge in [0.1, 0.15) is 0 Å². The lowest BCUT2D eigenvalue weighted by Crippen LogP contribution is -2.14. The van der Waals surface area contributed by atoms with Crippen molar-refractivity contribution in [2.45, 2.75) is 4.90 Å². The van der Waals surface area contributed by atoms with Crippen LogP contribution in [-0.4, -0.2) is 18.4 Å². The first-order valence-corrected chi connectivity index (χ1v) is 6.22. The molecule has 1 aromatic heterocycles. The van der Waals surface area contributed by atoms with Crippen LogP contribution in [0.1, 0.15) is 0 Å². The Morgan fingerprint density at radius 3 is 2.24 bits per heavy atom. The predicted octanol–water partition coefficient (Wildman–Crippen LogP) is 0.860. The summed E-state index contributed by atoms with van der Waals surface area (Å²) in [6.07, 6.45) is 2.90. The molecule has 0 radical (unpaired) electrons. The smallest absolute Gasteiger partial charge is 0.264 e. The maximum atomic E-state index is 11.9. The Morgan fingerprint density at radius 1 is 1.06 bits per heavy atom. The Morgan fingerprint density at radius 2 is 1.65 bits per heavy atom. The SMILES string of the molecule is N[13c]1[13cH][13cH][13c](S(=O)(=O)Nc2ncccn2)[13cH][13cH]1. The molecule has 2 aromatic rings. The van der Waals surface area contributed by atoms with Gasteiger partial charge in [0.05, 0.1) is 4.90 Å². The van der Waals surface area contributed by atoms with Crippen LogP contribution in [0.25, 0.3) is 0 Å². The average molecular weight is 256 g/mol. The number of sulfonamides is 1. The Bertz CT molecular complexity index is 596. The fraction of sp³-hybridized carbons (Fsp3) is 0. The van der Waals surface area contributed by atoms with Gasteiger partial charge >= 0.3 is 0 Å². The predicted molar refractivity (Wildman–Crippen MR) is 63.7 cm³/mol. The van der Waals surface area contributed by atoms with Crippen molar-refractivity contribution in [3.63, 3.8) is 0 Å². The molecule has 0 amide bonds. The topological polar surface area (TPSA) is 98.0 Å². The molecule has 0 aliphatic carbocycles. The summed E-state index contributed by atoms with van der Waals surface area (Å²) in [7, 11) is -3.66. The van der Waals surface area contributed by atoms with Crippen LogP contribution in [0.5, 0.6) is 0 Å². The van der Waals surface area contributed by atoms with Crippen LogP contribution >= 0.6 is 0 Å². The van der Waals surface area contributed by atoms with E-state index in [4.69, 9.17) is 5.73 Å². The van der Waals surface area contributed by atoms with Gasteiger partial charge in [0.25, 0.3) is 10.0 Å². The number of rotatable bonds is 3. The summed E-state index contributed by atoms with van der Waals surface area (Å²) in [6, 6.07) is 7.46. The number of hydrogen-bond acceptors (Lipinski definition) is 5. The number of aromatic nitrogens is 2. The summed E-state index contributed by atoms with van der Waals surface area (Å²) in [6.45, 7) is 0. The van der Waals surface area contributed by atoms with E-state index in [1.165, 1.54) is 36.7 Å². The molecule has 1 aromatic carbocycles. The van der Waals surface area contributed by atoms with Gasteiger partial charge in [0.2, 0.25) is 5.95 Å². The van der Waals surface area contributed by atoms with Crippen LogP contribution in [0.2, 0.25) is 0 Å². The third-order valence-corrected chi connectivity index (χ3v) is 3.33. The molecule has 2 rings (SSSR count). The number of nitrogens with zero attached hydrogens (tertiary/aromatic N) is 2. The highest BCUT2D eigenvalue weighted by molar-refractivity contribution is 7.92. The van der Waals surface area contributed by atoms with E-state index >= 15 is 0 Å². The minimum atomic E-state index is -3.66. The van der Waals surface area contributed by atoms with Crippen molar-refractivity contribution in [3.05, 3.63) is 42.7 Å². The maximum Gasteiger partial charge on any atom is 0.264 e. The fourth-order valence-corrected chi connectivity index (χ4v) is 2.14. The lowest BCUT2D eigenvalue weighted by atomic mass is 10.7. The van der Waals surface area contributed by atoms with Gasteiger partial charge in [0.15, 0.2) is 0 Å². The van der Waals surface area contributed by atoms with E-state index in [-0.39, 0.29) is 10.8 Å². The average Bonchev–Trinajstić information content (AvgIpc) is 2.30. The molecule has 0 saturated heterocycles. The van der Waals surface area contributed by atoms with Crippen LogP contribution in [0, 0.1) is 0 Å². The Kier molecular flexibility index (Phi) is 2.92. The Balaban J connectivity index is 2.29. The minimum absolute atomic E-state index is 0.0318. The Labute approximate surface area is 98.6 Å². The van der Waals surface area contributed by atoms with Crippen molar-refractivity contribution in [1.82, 2.24) is 9.97 Å². The zero-order valence-corrected chi connectivity index (χ0v) is 9.55. The molecule has 3 N–H and O–H groups in total. The van der Waals surface area contributed by atoms with Crippen molar-refractivity contribution < 1.29 is 8.42 Å². The standard InChI is InChI=1S/C10H10N4O2S/c11-8-2-4-9(5-3-8)17(15,16)14-10-12-6-1-7-13-10/h1-7H,11H2,(H,12,13,14)/i2+1,3+1,4+1,5+1,8+1,9+1. The lowest BCUT2D eigenvalue weighted by Gasteiger charge is -2.05. The van der Waals surface area contributed by atoms with Crippen molar-refractivity contribution in [3.8, 4) is 0 Å². The molecular weight excluding hydrogens is 246 g/mol. The molecule has 0 unspecified atom stereocenters. The van der Waals surface area contributed by atoms with E-state index in [1.807, 2.05) is 0 Å². The normalized spacial score (nSPS) is 11.1. The highest BCUT2D eigenvalue weighted by Gasteiger charge is 2.14. The van der Waals surface area contributed by atoms with Gasteiger partial charge < -0.3 is 5.73 Å². The number of benzene rings is 1. The van der Waals surface area contributed by atoms with Crippen LogP contribution in [0.3, 0.4) is 0 Å². The largest absolute Gasteiger partial charge is 0.399 e. The summed E-state index contributed by atoms with van der Waals surface area (Å²) in [5.74, 6) is 0.0318. The molecule has 0 atom stereocenters. The number of nitrogens with two attached hydrogens (primary N) is 1. The van der Waals surface area contributed by atoms with Gasteiger partial charge in [-0.3, -0.25) is 0 Å². The van der Waals surface area contributed by atoms with Gasteiger partial charge in [-0.05, 0) is 30.3 Å². The monoisotopic (exact) mass is 256 g/mol. The maximum absolute atomic E-state index is 11.9. The van der Waals surface area contributed by atoms with E-state index in [0.717, 1.165) is 0 Å². The molecule has 6 nitrogen and oxygen atoms in total. The van der Waals surface area contributed by atoms with Crippen LogP contribution in [0.4, 0.5) is 11.6 Å². The van der Waals surface area contributed by atoms with E-state index < -0.39 is 10.0 Å². The minimum Gasteiger partial charge on any atom is -0.399 e. The zero-order valence-electron chi connectivity index (χ0n) is 8.74. The molecule has 0 spiro atoms. The van der Waals surface area contributed by atoms with Crippen molar-refractivity contribution in [2.24, 2.45) is 0 Å². The van der Waals surface area contributed by atoms with Crippen LogP contribution < -0.4 is 10.5 Å². The van der Waals surface area contributed by atoms with E-state index in [0.29, 0.717) is 5.69 Å². The third kappa shape index (κ3) is 2.70. The third-order valence-electron chi connectivity index (χ3n) is 1.98. The van der Waals surface area contributed by atoms with Gasteiger partial charge in [0, 0.05) is 18.1 Å². The van der Waals surface area contributed by atoms with Crippen molar-refractivity contribution in [1.29, 1.82) is 0 Å². The number of nitrogen functional groups attached to an aromatic ring is 1. The molecule has 88 valence electrons. The fourth-order valence-electron chi connectivity index (χ4n) is 1.18. The van der Waals surface area contributed by atoms with Gasteiger partial charge in [-0.1, -0.05) is 0 Å². The molecule has 0 bridgehead atoms. The van der Waals surface area contributed by atoms with Gasteiger partial charge in [-0.2, -0.15) is 0 Å². The number of nitrogens with one attached hydrogen (secondary N) is 1. The number of hydrogen-bond donors (Lipinski definition) is 2. The second-order valence-corrected chi connectivity index (χ2v) is 4.93. The second-order valence-electron chi connectivity index (χ2n) is 3.25. The van der Waals surface area contributed by atoms with Gasteiger partial charge in [-0.15, -0.1) is 0 Å². The first-order chi connectivity index (χ1) is 8.08. The lowest BCUT2D eigenvalue weighted by molar-refractivity contribution is 0.601. The van der Waals surface area contributed by atoms with E-state index in [2.05, 4.69) is 14.7 Å². The van der Waals surface area contributed by atoms with E-state index in [9.17, 15) is 8.42 Å². The van der Waals surface area contributed by atoms with E-state index in [1.54, 1.807) is 6.07 Å². The van der Waals surface area contributed by atoms with Crippen molar-refractivity contribution >= 4 is 21.7 Å².